The van der Waals surface area contributed by atoms with Gasteiger partial charge in [-0.3, -0.25) is 0 Å². The van der Waals surface area contributed by atoms with Gasteiger partial charge in [-0.2, -0.15) is 0 Å². The molecule has 0 radical (unpaired) electrons. The van der Waals surface area contributed by atoms with Crippen LogP contribution in [-0.2, 0) is 9.84 Å². The van der Waals surface area contributed by atoms with Gasteiger partial charge in [0.1, 0.15) is 5.15 Å². The van der Waals surface area contributed by atoms with Crippen LogP contribution in [-0.4, -0.2) is 24.6 Å². The minimum atomic E-state index is -3.19. The van der Waals surface area contributed by atoms with Crippen LogP contribution in [0, 0.1) is 0 Å². The van der Waals surface area contributed by atoms with E-state index in [1.165, 1.54) is 17.6 Å². The van der Waals surface area contributed by atoms with E-state index in [0.29, 0.717) is 10.0 Å². The number of pyridine rings is 1. The molecule has 0 amide bonds. The van der Waals surface area contributed by atoms with Crippen molar-refractivity contribution in [3.8, 4) is 11.3 Å². The van der Waals surface area contributed by atoms with Gasteiger partial charge in [0.2, 0.25) is 0 Å². The lowest BCUT2D eigenvalue weighted by Gasteiger charge is -2.02. The molecule has 0 saturated carbocycles. The van der Waals surface area contributed by atoms with Gasteiger partial charge in [-0.15, -0.1) is 11.3 Å². The highest BCUT2D eigenvalue weighted by atomic mass is 35.5. The van der Waals surface area contributed by atoms with Gasteiger partial charge in [-0.25, -0.2) is 18.4 Å². The van der Waals surface area contributed by atoms with Crippen LogP contribution in [0.15, 0.2) is 52.9 Å². The number of hydrogen-bond acceptors (Lipinski definition) is 6. The zero-order chi connectivity index (χ0) is 16.4. The van der Waals surface area contributed by atoms with Gasteiger partial charge in [0, 0.05) is 17.2 Å². The monoisotopic (exact) mass is 365 g/mol. The Morgan fingerprint density at radius 2 is 1.87 bits per heavy atom. The number of anilines is 2. The van der Waals surface area contributed by atoms with E-state index in [2.05, 4.69) is 15.3 Å². The van der Waals surface area contributed by atoms with Crippen LogP contribution in [0.5, 0.6) is 0 Å². The largest absolute Gasteiger partial charge is 0.330 e. The fraction of sp³-hybridized carbons (Fsp3) is 0.0667. The summed E-state index contributed by atoms with van der Waals surface area (Å²) in [6, 6.07) is 10.2. The van der Waals surface area contributed by atoms with Gasteiger partial charge in [0.25, 0.3) is 0 Å². The average molecular weight is 366 g/mol. The summed E-state index contributed by atoms with van der Waals surface area (Å²) in [5, 5.41) is 6.20. The van der Waals surface area contributed by atoms with Gasteiger partial charge >= 0.3 is 0 Å². The van der Waals surface area contributed by atoms with Crippen molar-refractivity contribution in [2.75, 3.05) is 11.6 Å². The highest BCUT2D eigenvalue weighted by Crippen LogP contribution is 2.27. The third-order valence-corrected chi connectivity index (χ3v) is 5.17. The first-order valence-electron chi connectivity index (χ1n) is 6.56. The summed E-state index contributed by atoms with van der Waals surface area (Å²) in [5.41, 5.74) is 2.43. The summed E-state index contributed by atoms with van der Waals surface area (Å²) < 4.78 is 22.9. The van der Waals surface area contributed by atoms with Crippen molar-refractivity contribution < 1.29 is 8.42 Å². The first-order chi connectivity index (χ1) is 10.9. The van der Waals surface area contributed by atoms with Gasteiger partial charge in [-0.1, -0.05) is 23.7 Å². The van der Waals surface area contributed by atoms with Crippen LogP contribution in [0.2, 0.25) is 5.15 Å². The molecule has 118 valence electrons. The summed E-state index contributed by atoms with van der Waals surface area (Å²) in [7, 11) is -3.19. The Morgan fingerprint density at radius 3 is 2.48 bits per heavy atom. The Labute approximate surface area is 142 Å². The Balaban J connectivity index is 1.80. The standard InChI is InChI=1S/C15H12ClN3O2S2/c1-23(20,21)12-5-2-10(3-6-12)13-9-22-15(19-13)18-11-4-7-14(16)17-8-11/h2-9H,1H3,(H,18,19). The molecule has 3 rings (SSSR count). The van der Waals surface area contributed by atoms with Crippen molar-refractivity contribution in [3.63, 3.8) is 0 Å². The molecule has 1 aromatic carbocycles. The molecule has 2 aromatic heterocycles. The molecule has 0 atom stereocenters. The second kappa shape index (κ2) is 6.27. The molecule has 5 nitrogen and oxygen atoms in total. The average Bonchev–Trinajstić information content (AvgIpc) is 2.97. The second-order valence-corrected chi connectivity index (χ2v) is 8.09. The van der Waals surface area contributed by atoms with Crippen LogP contribution >= 0.6 is 22.9 Å². The zero-order valence-electron chi connectivity index (χ0n) is 12.0. The minimum Gasteiger partial charge on any atom is -0.330 e. The molecular formula is C15H12ClN3O2S2. The lowest BCUT2D eigenvalue weighted by molar-refractivity contribution is 0.602. The van der Waals surface area contributed by atoms with Gasteiger partial charge in [0.05, 0.1) is 22.5 Å². The number of nitrogens with one attached hydrogen (secondary N) is 1. The lowest BCUT2D eigenvalue weighted by Crippen LogP contribution is -1.96. The number of thiazole rings is 1. The lowest BCUT2D eigenvalue weighted by atomic mass is 10.2. The van der Waals surface area contributed by atoms with Crippen LogP contribution in [0.25, 0.3) is 11.3 Å². The normalized spacial score (nSPS) is 11.4. The number of rotatable bonds is 4. The first-order valence-corrected chi connectivity index (χ1v) is 9.71. The molecule has 0 fully saturated rings. The third kappa shape index (κ3) is 3.87. The molecule has 8 heteroatoms. The van der Waals surface area contributed by atoms with Gasteiger partial charge < -0.3 is 5.32 Å². The van der Waals surface area contributed by atoms with Crippen LogP contribution < -0.4 is 5.32 Å². The van der Waals surface area contributed by atoms with Crippen molar-refractivity contribution in [1.82, 2.24) is 9.97 Å². The molecule has 3 aromatic rings. The predicted molar refractivity (Wildman–Crippen MR) is 93.2 cm³/mol. The van der Waals surface area contributed by atoms with E-state index < -0.39 is 9.84 Å². The maximum absolute atomic E-state index is 11.5. The minimum absolute atomic E-state index is 0.294. The number of hydrogen-bond donors (Lipinski definition) is 1. The number of sulfone groups is 1. The summed E-state index contributed by atoms with van der Waals surface area (Å²) in [4.78, 5) is 8.78. The second-order valence-electron chi connectivity index (χ2n) is 4.83. The van der Waals surface area contributed by atoms with Gasteiger partial charge in [0.15, 0.2) is 15.0 Å². The smallest absolute Gasteiger partial charge is 0.187 e. The van der Waals surface area contributed by atoms with Crippen molar-refractivity contribution >= 4 is 43.6 Å². The topological polar surface area (TPSA) is 72.0 Å². The Kier molecular flexibility index (Phi) is 4.34. The maximum Gasteiger partial charge on any atom is 0.187 e. The molecule has 0 spiro atoms. The molecule has 0 unspecified atom stereocenters. The number of nitrogens with zero attached hydrogens (tertiary/aromatic N) is 2. The molecule has 0 aliphatic heterocycles. The predicted octanol–water partition coefficient (Wildman–Crippen LogP) is 4.01. The molecule has 0 aliphatic rings. The fourth-order valence-corrected chi connectivity index (χ4v) is 3.39. The highest BCUT2D eigenvalue weighted by Gasteiger charge is 2.09. The quantitative estimate of drug-likeness (QED) is 0.707. The van der Waals surface area contributed by atoms with E-state index in [-0.39, 0.29) is 0 Å². The van der Waals surface area contributed by atoms with E-state index in [0.717, 1.165) is 22.1 Å². The van der Waals surface area contributed by atoms with Crippen molar-refractivity contribution in [2.45, 2.75) is 4.90 Å². The summed E-state index contributed by atoms with van der Waals surface area (Å²) >= 11 is 7.20. The Bertz CT molecular complexity index is 920. The van der Waals surface area contributed by atoms with Crippen LogP contribution in [0.1, 0.15) is 0 Å². The highest BCUT2D eigenvalue weighted by molar-refractivity contribution is 7.90. The van der Waals surface area contributed by atoms with Crippen molar-refractivity contribution in [3.05, 3.63) is 53.1 Å². The van der Waals surface area contributed by atoms with E-state index in [1.807, 2.05) is 11.4 Å². The summed E-state index contributed by atoms with van der Waals surface area (Å²) in [5.74, 6) is 0. The van der Waals surface area contributed by atoms with Crippen molar-refractivity contribution in [1.29, 1.82) is 0 Å². The molecule has 2 heterocycles. The molecule has 0 saturated heterocycles. The zero-order valence-corrected chi connectivity index (χ0v) is 14.4. The number of benzene rings is 1. The summed E-state index contributed by atoms with van der Waals surface area (Å²) in [6.45, 7) is 0. The number of halogens is 1. The number of aromatic nitrogens is 2. The maximum atomic E-state index is 11.5. The SMILES string of the molecule is CS(=O)(=O)c1ccc(-c2csc(Nc3ccc(Cl)nc3)n2)cc1. The van der Waals surface area contributed by atoms with Crippen molar-refractivity contribution in [2.24, 2.45) is 0 Å². The molecular weight excluding hydrogens is 354 g/mol. The van der Waals surface area contributed by atoms with Gasteiger partial charge in [-0.05, 0) is 24.3 Å². The Morgan fingerprint density at radius 1 is 1.13 bits per heavy atom. The molecule has 1 N–H and O–H groups in total. The fourth-order valence-electron chi connectivity index (χ4n) is 1.91. The third-order valence-electron chi connectivity index (χ3n) is 3.06. The van der Waals surface area contributed by atoms with E-state index in [4.69, 9.17) is 11.6 Å². The van der Waals surface area contributed by atoms with E-state index in [9.17, 15) is 8.42 Å². The van der Waals surface area contributed by atoms with Crippen LogP contribution in [0.4, 0.5) is 10.8 Å². The molecule has 23 heavy (non-hydrogen) atoms. The first kappa shape index (κ1) is 15.9. The Hall–Kier alpha value is -1.96. The van der Waals surface area contributed by atoms with E-state index in [1.54, 1.807) is 36.5 Å². The van der Waals surface area contributed by atoms with Crippen LogP contribution in [0.3, 0.4) is 0 Å². The summed E-state index contributed by atoms with van der Waals surface area (Å²) in [6.07, 6.45) is 2.82. The molecule has 0 aliphatic carbocycles. The molecule has 0 bridgehead atoms. The van der Waals surface area contributed by atoms with E-state index >= 15 is 0 Å².